The zero-order valence-corrected chi connectivity index (χ0v) is 13.3. The summed E-state index contributed by atoms with van der Waals surface area (Å²) >= 11 is 5.50. The van der Waals surface area contributed by atoms with E-state index in [1.807, 2.05) is 0 Å². The highest BCUT2D eigenvalue weighted by atomic mass is 35.5. The molecule has 2 rings (SSSR count). The van der Waals surface area contributed by atoms with E-state index in [1.54, 1.807) is 0 Å². The first-order valence-electron chi connectivity index (χ1n) is 6.66. The molecule has 0 saturated heterocycles. The highest BCUT2D eigenvalue weighted by Gasteiger charge is 2.33. The van der Waals surface area contributed by atoms with Crippen LogP contribution in [0.1, 0.15) is 11.1 Å². The average Bonchev–Trinajstić information content (AvgIpc) is 2.51. The fourth-order valence-electron chi connectivity index (χ4n) is 1.94. The van der Waals surface area contributed by atoms with E-state index in [0.29, 0.717) is 0 Å². The molecule has 136 valence electrons. The molecule has 0 atom stereocenters. The van der Waals surface area contributed by atoms with Crippen LogP contribution in [0, 0.1) is 0 Å². The maximum atomic E-state index is 12.8. The number of hydrazine groups is 1. The summed E-state index contributed by atoms with van der Waals surface area (Å²) in [5, 5.41) is -0.491. The van der Waals surface area contributed by atoms with Crippen LogP contribution in [0.2, 0.25) is 5.02 Å². The monoisotopic (exact) mass is 384 g/mol. The minimum Gasteiger partial charge on any atom is -0.495 e. The zero-order valence-electron chi connectivity index (χ0n) is 12.5. The zero-order chi connectivity index (χ0) is 18.8. The highest BCUT2D eigenvalue weighted by molar-refractivity contribution is 6.31. The van der Waals surface area contributed by atoms with Gasteiger partial charge < -0.3 is 10.2 Å². The molecule has 25 heavy (non-hydrogen) atoms. The van der Waals surface area contributed by atoms with Gasteiger partial charge in [0.05, 0.1) is 34.6 Å². The van der Waals surface area contributed by atoms with Gasteiger partial charge in [-0.3, -0.25) is 5.43 Å². The highest BCUT2D eigenvalue weighted by Crippen LogP contribution is 2.37. The third-order valence-corrected chi connectivity index (χ3v) is 3.47. The summed E-state index contributed by atoms with van der Waals surface area (Å²) in [5.41, 5.74) is 2.65. The summed E-state index contributed by atoms with van der Waals surface area (Å²) in [6.07, 6.45) is -9.24. The van der Waals surface area contributed by atoms with Crippen molar-refractivity contribution in [3.8, 4) is 5.75 Å². The molecule has 0 aliphatic heterocycles. The topological polar surface area (TPSA) is 33.3 Å². The molecule has 0 amide bonds. The van der Waals surface area contributed by atoms with Crippen LogP contribution in [0.5, 0.6) is 5.75 Å². The number of nitrogens with one attached hydrogen (secondary N) is 2. The van der Waals surface area contributed by atoms with Crippen LogP contribution >= 0.6 is 11.6 Å². The van der Waals surface area contributed by atoms with Gasteiger partial charge in [-0.1, -0.05) is 11.6 Å². The third-order valence-electron chi connectivity index (χ3n) is 3.14. The fourth-order valence-corrected chi connectivity index (χ4v) is 2.17. The molecule has 0 aliphatic carbocycles. The van der Waals surface area contributed by atoms with Crippen LogP contribution in [0.15, 0.2) is 36.4 Å². The first-order valence-corrected chi connectivity index (χ1v) is 7.04. The van der Waals surface area contributed by atoms with Gasteiger partial charge in [0.25, 0.3) is 0 Å². The second-order valence-electron chi connectivity index (χ2n) is 4.86. The lowest BCUT2D eigenvalue weighted by Crippen LogP contribution is -2.13. The van der Waals surface area contributed by atoms with Gasteiger partial charge in [-0.25, -0.2) is 0 Å². The van der Waals surface area contributed by atoms with E-state index in [0.717, 1.165) is 30.3 Å². The molecule has 2 aromatic carbocycles. The van der Waals surface area contributed by atoms with Crippen LogP contribution in [-0.2, 0) is 12.4 Å². The van der Waals surface area contributed by atoms with Crippen LogP contribution < -0.4 is 15.6 Å². The summed E-state index contributed by atoms with van der Waals surface area (Å²) in [7, 11) is 1.25. The van der Waals surface area contributed by atoms with E-state index in [4.69, 9.17) is 16.3 Å². The van der Waals surface area contributed by atoms with Crippen molar-refractivity contribution in [1.82, 2.24) is 0 Å². The predicted octanol–water partition coefficient (Wildman–Crippen LogP) is 5.83. The van der Waals surface area contributed by atoms with Gasteiger partial charge in [0, 0.05) is 0 Å². The fraction of sp³-hybridized carbons (Fsp3) is 0.200. The molecule has 0 unspecified atom stereocenters. The maximum Gasteiger partial charge on any atom is 0.417 e. The van der Waals surface area contributed by atoms with Gasteiger partial charge in [-0.15, -0.1) is 0 Å². The standard InChI is InChI=1S/C15H11ClF6N2O/c1-25-13-5-2-8(14(17,18)19)6-12(13)24-23-9-3-4-11(16)10(7-9)15(20,21)22/h2-7,23-24H,1H3. The second-order valence-corrected chi connectivity index (χ2v) is 5.26. The van der Waals surface area contributed by atoms with Crippen molar-refractivity contribution >= 4 is 23.0 Å². The number of anilines is 2. The first-order chi connectivity index (χ1) is 11.5. The maximum absolute atomic E-state index is 12.8. The van der Waals surface area contributed by atoms with E-state index in [9.17, 15) is 26.3 Å². The van der Waals surface area contributed by atoms with Gasteiger partial charge in [-0.05, 0) is 36.4 Å². The van der Waals surface area contributed by atoms with Crippen molar-refractivity contribution in [3.63, 3.8) is 0 Å². The molecular formula is C15H11ClF6N2O. The van der Waals surface area contributed by atoms with Crippen LogP contribution in [0.4, 0.5) is 37.7 Å². The number of hydrogen-bond acceptors (Lipinski definition) is 3. The Morgan fingerprint density at radius 1 is 0.880 bits per heavy atom. The van der Waals surface area contributed by atoms with E-state index >= 15 is 0 Å². The number of ether oxygens (including phenoxy) is 1. The van der Waals surface area contributed by atoms with E-state index in [2.05, 4.69) is 10.9 Å². The van der Waals surface area contributed by atoms with Gasteiger partial charge in [0.1, 0.15) is 5.75 Å². The Kier molecular flexibility index (Phi) is 5.26. The van der Waals surface area contributed by atoms with Gasteiger partial charge in [0.2, 0.25) is 0 Å². The second kappa shape index (κ2) is 6.91. The lowest BCUT2D eigenvalue weighted by atomic mass is 10.2. The average molecular weight is 385 g/mol. The van der Waals surface area contributed by atoms with Crippen molar-refractivity contribution in [2.45, 2.75) is 12.4 Å². The van der Waals surface area contributed by atoms with Crippen molar-refractivity contribution in [3.05, 3.63) is 52.5 Å². The van der Waals surface area contributed by atoms with Crippen molar-refractivity contribution in [2.24, 2.45) is 0 Å². The minimum atomic E-state index is -4.66. The number of rotatable bonds is 4. The molecule has 10 heteroatoms. The number of methoxy groups -OCH3 is 1. The molecule has 0 fully saturated rings. The quantitative estimate of drug-likeness (QED) is 0.514. The summed E-state index contributed by atoms with van der Waals surface area (Å²) < 4.78 is 81.7. The van der Waals surface area contributed by atoms with Crippen LogP contribution in [0.25, 0.3) is 0 Å². The summed E-state index contributed by atoms with van der Waals surface area (Å²) in [6.45, 7) is 0. The van der Waals surface area contributed by atoms with Gasteiger partial charge in [0.15, 0.2) is 0 Å². The van der Waals surface area contributed by atoms with Crippen LogP contribution in [0.3, 0.4) is 0 Å². The van der Waals surface area contributed by atoms with Crippen molar-refractivity contribution in [2.75, 3.05) is 18.0 Å². The van der Waals surface area contributed by atoms with E-state index in [1.165, 1.54) is 13.2 Å². The lowest BCUT2D eigenvalue weighted by molar-refractivity contribution is -0.138. The number of halogens is 7. The Balaban J connectivity index is 2.27. The minimum absolute atomic E-state index is 0.0452. The molecule has 0 aliphatic rings. The van der Waals surface area contributed by atoms with Crippen LogP contribution in [-0.4, -0.2) is 7.11 Å². The summed E-state index contributed by atoms with van der Waals surface area (Å²) in [5.74, 6) is 0.0745. The van der Waals surface area contributed by atoms with Crippen molar-refractivity contribution < 1.29 is 31.1 Å². The molecule has 3 nitrogen and oxygen atoms in total. The number of benzene rings is 2. The number of hydrogen-bond donors (Lipinski definition) is 2. The smallest absolute Gasteiger partial charge is 0.417 e. The SMILES string of the molecule is COc1ccc(C(F)(F)F)cc1NNc1ccc(Cl)c(C(F)(F)F)c1. The molecule has 0 bridgehead atoms. The van der Waals surface area contributed by atoms with Gasteiger partial charge >= 0.3 is 12.4 Å². The first kappa shape index (κ1) is 19.0. The Morgan fingerprint density at radius 2 is 1.56 bits per heavy atom. The molecule has 0 aromatic heterocycles. The Hall–Kier alpha value is -2.29. The van der Waals surface area contributed by atoms with E-state index < -0.39 is 28.5 Å². The lowest BCUT2D eigenvalue weighted by Gasteiger charge is -2.17. The number of alkyl halides is 6. The third kappa shape index (κ3) is 4.62. The van der Waals surface area contributed by atoms with Gasteiger partial charge in [-0.2, -0.15) is 26.3 Å². The molecule has 2 aromatic rings. The molecule has 0 spiro atoms. The van der Waals surface area contributed by atoms with Crippen molar-refractivity contribution in [1.29, 1.82) is 0 Å². The Morgan fingerprint density at radius 3 is 2.12 bits per heavy atom. The normalized spacial score (nSPS) is 12.0. The largest absolute Gasteiger partial charge is 0.495 e. The predicted molar refractivity (Wildman–Crippen MR) is 81.7 cm³/mol. The Labute approximate surface area is 143 Å². The Bertz CT molecular complexity index is 761. The summed E-state index contributed by atoms with van der Waals surface area (Å²) in [6, 6.07) is 5.69. The molecule has 2 N–H and O–H groups in total. The molecular weight excluding hydrogens is 374 g/mol. The summed E-state index contributed by atoms with van der Waals surface area (Å²) in [4.78, 5) is 0. The molecule has 0 saturated carbocycles. The van der Waals surface area contributed by atoms with E-state index in [-0.39, 0.29) is 17.1 Å². The molecule has 0 heterocycles. The molecule has 0 radical (unpaired) electrons.